The van der Waals surface area contributed by atoms with Crippen molar-refractivity contribution in [2.75, 3.05) is 13.1 Å². The Morgan fingerprint density at radius 2 is 2.27 bits per heavy atom. The Labute approximate surface area is 65.0 Å². The molecule has 1 aliphatic heterocycles. The zero-order chi connectivity index (χ0) is 7.52. The van der Waals surface area contributed by atoms with Crippen LogP contribution in [0.15, 0.2) is 4.52 Å². The highest BCUT2D eigenvalue weighted by molar-refractivity contribution is 4.99. The monoisotopic (exact) mass is 152 g/mol. The van der Waals surface area contributed by atoms with Gasteiger partial charge in [-0.05, 0) is 25.9 Å². The van der Waals surface area contributed by atoms with Gasteiger partial charge in [-0.1, -0.05) is 0 Å². The molecule has 0 aromatic carbocycles. The molecule has 1 radical (unpaired) electrons. The number of hydrogen-bond donors (Lipinski definition) is 1. The van der Waals surface area contributed by atoms with E-state index in [1.807, 2.05) is 0 Å². The van der Waals surface area contributed by atoms with Gasteiger partial charge < -0.3 is 9.84 Å². The average molecular weight is 152 g/mol. The minimum absolute atomic E-state index is 0.502. The number of rotatable bonds is 1. The first-order chi connectivity index (χ1) is 5.47. The van der Waals surface area contributed by atoms with Gasteiger partial charge in [0.1, 0.15) is 5.69 Å². The fraction of sp³-hybridized carbons (Fsp3) is 0.714. The predicted molar refractivity (Wildman–Crippen MR) is 38.0 cm³/mol. The number of piperidine rings is 1. The first-order valence-corrected chi connectivity index (χ1v) is 3.87. The maximum atomic E-state index is 4.56. The topological polar surface area (TPSA) is 51.0 Å². The molecular weight excluding hydrogens is 142 g/mol. The molecule has 0 unspecified atom stereocenters. The third kappa shape index (κ3) is 1.40. The molecular formula is C7H10N3O. The van der Waals surface area contributed by atoms with Gasteiger partial charge in [0, 0.05) is 11.2 Å². The second-order valence-electron chi connectivity index (χ2n) is 2.78. The van der Waals surface area contributed by atoms with Crippen molar-refractivity contribution in [1.29, 1.82) is 0 Å². The van der Waals surface area contributed by atoms with E-state index in [2.05, 4.69) is 26.5 Å². The molecule has 1 N–H and O–H groups in total. The fourth-order valence-electron chi connectivity index (χ4n) is 1.41. The lowest BCUT2D eigenvalue weighted by atomic mass is 9.95. The largest absolute Gasteiger partial charge is 0.333 e. The van der Waals surface area contributed by atoms with Crippen LogP contribution in [0.3, 0.4) is 0 Å². The van der Waals surface area contributed by atoms with Crippen molar-refractivity contribution in [1.82, 2.24) is 15.7 Å². The fourth-order valence-corrected chi connectivity index (χ4v) is 1.41. The van der Waals surface area contributed by atoms with Gasteiger partial charge in [0.15, 0.2) is 0 Å². The minimum atomic E-state index is 0.502. The van der Waals surface area contributed by atoms with Gasteiger partial charge in [0.05, 0.1) is 0 Å². The van der Waals surface area contributed by atoms with Crippen molar-refractivity contribution < 1.29 is 4.52 Å². The van der Waals surface area contributed by atoms with E-state index in [0.29, 0.717) is 5.92 Å². The Balaban J connectivity index is 2.04. The van der Waals surface area contributed by atoms with Gasteiger partial charge in [-0.2, -0.15) is 0 Å². The van der Waals surface area contributed by atoms with Crippen LogP contribution in [0.4, 0.5) is 0 Å². The Morgan fingerprint density at radius 1 is 1.45 bits per heavy atom. The van der Waals surface area contributed by atoms with E-state index in [4.69, 9.17) is 0 Å². The first-order valence-electron chi connectivity index (χ1n) is 3.87. The molecule has 2 rings (SSSR count). The van der Waals surface area contributed by atoms with Gasteiger partial charge >= 0.3 is 0 Å². The summed E-state index contributed by atoms with van der Waals surface area (Å²) in [5.74, 6) is 0.502. The summed E-state index contributed by atoms with van der Waals surface area (Å²) in [7, 11) is 0. The Bertz CT molecular complexity index is 203. The normalized spacial score (nSPS) is 20.4. The highest BCUT2D eigenvalue weighted by Gasteiger charge is 2.18. The second kappa shape index (κ2) is 3.00. The van der Waals surface area contributed by atoms with Crippen molar-refractivity contribution in [2.24, 2.45) is 0 Å². The highest BCUT2D eigenvalue weighted by Crippen LogP contribution is 2.21. The van der Waals surface area contributed by atoms with Crippen LogP contribution in [-0.2, 0) is 0 Å². The van der Waals surface area contributed by atoms with Crippen molar-refractivity contribution in [3.63, 3.8) is 0 Å². The molecule has 1 aromatic heterocycles. The molecule has 1 fully saturated rings. The van der Waals surface area contributed by atoms with Gasteiger partial charge in [0.25, 0.3) is 0 Å². The smallest absolute Gasteiger partial charge is 0.230 e. The summed E-state index contributed by atoms with van der Waals surface area (Å²) in [5.41, 5.74) is 0.881. The van der Waals surface area contributed by atoms with Crippen LogP contribution in [0.1, 0.15) is 24.5 Å². The Morgan fingerprint density at radius 3 is 2.91 bits per heavy atom. The van der Waals surface area contributed by atoms with E-state index in [1.165, 1.54) is 0 Å². The summed E-state index contributed by atoms with van der Waals surface area (Å²) in [4.78, 5) is 0. The van der Waals surface area contributed by atoms with Gasteiger partial charge in [-0.15, -0.1) is 5.10 Å². The molecule has 4 nitrogen and oxygen atoms in total. The maximum Gasteiger partial charge on any atom is 0.230 e. The van der Waals surface area contributed by atoms with E-state index in [9.17, 15) is 0 Å². The van der Waals surface area contributed by atoms with Crippen LogP contribution in [0, 0.1) is 6.26 Å². The summed E-state index contributed by atoms with van der Waals surface area (Å²) in [6.07, 6.45) is 4.91. The average Bonchev–Trinajstić information content (AvgIpc) is 2.58. The molecule has 0 bridgehead atoms. The van der Waals surface area contributed by atoms with Crippen molar-refractivity contribution in [2.45, 2.75) is 18.8 Å². The molecule has 0 spiro atoms. The summed E-state index contributed by atoms with van der Waals surface area (Å²) in [6, 6.07) is 0. The molecule has 0 atom stereocenters. The van der Waals surface area contributed by atoms with Crippen LogP contribution in [-0.4, -0.2) is 23.5 Å². The second-order valence-corrected chi connectivity index (χ2v) is 2.78. The summed E-state index contributed by atoms with van der Waals surface area (Å²) in [5, 5.41) is 10.5. The summed E-state index contributed by atoms with van der Waals surface area (Å²) >= 11 is 0. The van der Waals surface area contributed by atoms with Gasteiger partial charge in [-0.25, -0.2) is 0 Å². The van der Waals surface area contributed by atoms with E-state index < -0.39 is 0 Å². The third-order valence-electron chi connectivity index (χ3n) is 2.07. The number of hydrogen-bond acceptors (Lipinski definition) is 4. The van der Waals surface area contributed by atoms with Crippen LogP contribution in [0.25, 0.3) is 0 Å². The molecule has 0 aliphatic carbocycles. The predicted octanol–water partition coefficient (Wildman–Crippen LogP) is 0.337. The van der Waals surface area contributed by atoms with Crippen molar-refractivity contribution in [3.05, 3.63) is 12.0 Å². The molecule has 1 saturated heterocycles. The SMILES string of the molecule is [c]1onnc1C1CCNCC1. The lowest BCUT2D eigenvalue weighted by Crippen LogP contribution is -2.26. The molecule has 2 heterocycles. The lowest BCUT2D eigenvalue weighted by Gasteiger charge is -2.19. The zero-order valence-corrected chi connectivity index (χ0v) is 6.21. The molecule has 1 aromatic rings. The molecule has 0 amide bonds. The summed E-state index contributed by atoms with van der Waals surface area (Å²) in [6.45, 7) is 2.12. The standard InChI is InChI=1S/C7H10N3O/c1-3-8-4-2-6(1)7-5-11-10-9-7/h6,8H,1-4H2. The molecule has 4 heteroatoms. The van der Waals surface area contributed by atoms with Crippen LogP contribution in [0.5, 0.6) is 0 Å². The van der Waals surface area contributed by atoms with E-state index in [1.54, 1.807) is 0 Å². The van der Waals surface area contributed by atoms with Crippen molar-refractivity contribution >= 4 is 0 Å². The lowest BCUT2D eigenvalue weighted by molar-refractivity contribution is 0.386. The Kier molecular flexibility index (Phi) is 1.85. The first kappa shape index (κ1) is 6.79. The minimum Gasteiger partial charge on any atom is -0.333 e. The van der Waals surface area contributed by atoms with E-state index in [0.717, 1.165) is 31.6 Å². The molecule has 1 aliphatic rings. The molecule has 59 valence electrons. The summed E-state index contributed by atoms with van der Waals surface area (Å²) < 4.78 is 4.56. The number of aromatic nitrogens is 2. The maximum absolute atomic E-state index is 4.56. The molecule has 0 saturated carbocycles. The quantitative estimate of drug-likeness (QED) is 0.630. The van der Waals surface area contributed by atoms with Gasteiger partial charge in [0.2, 0.25) is 6.26 Å². The van der Waals surface area contributed by atoms with E-state index in [-0.39, 0.29) is 0 Å². The van der Waals surface area contributed by atoms with Crippen LogP contribution >= 0.6 is 0 Å². The molecule has 11 heavy (non-hydrogen) atoms. The zero-order valence-electron chi connectivity index (χ0n) is 6.21. The number of nitrogens with zero attached hydrogens (tertiary/aromatic N) is 2. The van der Waals surface area contributed by atoms with Crippen LogP contribution in [0.2, 0.25) is 0 Å². The Hall–Kier alpha value is -0.900. The third-order valence-corrected chi connectivity index (χ3v) is 2.07. The van der Waals surface area contributed by atoms with E-state index >= 15 is 0 Å². The highest BCUT2D eigenvalue weighted by atomic mass is 16.5. The van der Waals surface area contributed by atoms with Gasteiger partial charge in [-0.3, -0.25) is 0 Å². The van der Waals surface area contributed by atoms with Crippen molar-refractivity contribution in [3.8, 4) is 0 Å². The number of nitrogens with one attached hydrogen (secondary N) is 1. The van der Waals surface area contributed by atoms with Crippen LogP contribution < -0.4 is 5.32 Å².